The van der Waals surface area contributed by atoms with E-state index in [0.29, 0.717) is 19.7 Å². The molecule has 1 aliphatic carbocycles. The van der Waals surface area contributed by atoms with Gasteiger partial charge in [-0.25, -0.2) is 4.79 Å². The summed E-state index contributed by atoms with van der Waals surface area (Å²) in [6.07, 6.45) is 2.77. The molecule has 0 radical (unpaired) electrons. The smallest absolute Gasteiger partial charge is 0.496 e. The quantitative estimate of drug-likeness (QED) is 0.454. The Morgan fingerprint density at radius 3 is 2.65 bits per heavy atom. The predicted octanol–water partition coefficient (Wildman–Crippen LogP) is 5.75. The van der Waals surface area contributed by atoms with E-state index in [1.807, 2.05) is 6.07 Å². The summed E-state index contributed by atoms with van der Waals surface area (Å²) < 4.78 is 16.5. The number of nitrogens with zero attached hydrogens (tertiary/aromatic N) is 1. The Morgan fingerprint density at radius 2 is 1.94 bits per heavy atom. The number of aryl methyl sites for hydroxylation is 2. The van der Waals surface area contributed by atoms with Crippen molar-refractivity contribution in [2.24, 2.45) is 0 Å². The van der Waals surface area contributed by atoms with Gasteiger partial charge in [-0.05, 0) is 66.6 Å². The van der Waals surface area contributed by atoms with Gasteiger partial charge in [-0.3, -0.25) is 4.90 Å². The molecule has 0 bridgehead atoms. The average molecular weight is 488 g/mol. The van der Waals surface area contributed by atoms with Crippen molar-refractivity contribution in [3.8, 4) is 11.5 Å². The molecule has 6 nitrogen and oxygen atoms in total. The van der Waals surface area contributed by atoms with Gasteiger partial charge in [0, 0.05) is 25.2 Å². The fourth-order valence-electron chi connectivity index (χ4n) is 4.75. The van der Waals surface area contributed by atoms with E-state index in [0.717, 1.165) is 49.3 Å². The molecule has 0 unspecified atom stereocenters. The predicted molar refractivity (Wildman–Crippen MR) is 135 cm³/mol. The lowest BCUT2D eigenvalue weighted by Gasteiger charge is -2.39. The number of rotatable bonds is 9. The van der Waals surface area contributed by atoms with Crippen molar-refractivity contribution >= 4 is 24.1 Å². The Balaban J connectivity index is 0.00000324. The van der Waals surface area contributed by atoms with Crippen LogP contribution in [-0.2, 0) is 24.2 Å². The summed E-state index contributed by atoms with van der Waals surface area (Å²) in [6, 6.07) is 12.7. The van der Waals surface area contributed by atoms with Crippen molar-refractivity contribution in [3.05, 3.63) is 64.2 Å². The molecule has 1 aliphatic heterocycles. The van der Waals surface area contributed by atoms with E-state index in [9.17, 15) is 4.79 Å². The summed E-state index contributed by atoms with van der Waals surface area (Å²) in [5.74, 6) is 1.76. The Bertz CT molecular complexity index is 1050. The van der Waals surface area contributed by atoms with Crippen molar-refractivity contribution in [2.75, 3.05) is 26.7 Å². The number of allylic oxidation sites excluding steroid dienone is 1. The lowest BCUT2D eigenvalue weighted by atomic mass is 9.85. The topological polar surface area (TPSA) is 68.2 Å². The highest BCUT2D eigenvalue weighted by atomic mass is 35.5. The minimum atomic E-state index is -1.19. The van der Waals surface area contributed by atoms with Gasteiger partial charge in [-0.15, -0.1) is 12.4 Å². The normalized spacial score (nSPS) is 15.7. The number of benzene rings is 2. The first-order chi connectivity index (χ1) is 16.0. The summed E-state index contributed by atoms with van der Waals surface area (Å²) in [7, 11) is 1.71. The highest BCUT2D eigenvalue weighted by Crippen LogP contribution is 2.34. The number of carboxylic acid groups (broad SMARTS) is 1. The van der Waals surface area contributed by atoms with Crippen LogP contribution < -0.4 is 9.47 Å². The van der Waals surface area contributed by atoms with Gasteiger partial charge in [0.1, 0.15) is 24.2 Å². The van der Waals surface area contributed by atoms with Crippen LogP contribution in [-0.4, -0.2) is 49.0 Å². The van der Waals surface area contributed by atoms with Gasteiger partial charge in [0.15, 0.2) is 0 Å². The third-order valence-electron chi connectivity index (χ3n) is 6.60. The van der Waals surface area contributed by atoms with E-state index in [4.69, 9.17) is 19.3 Å². The molecule has 7 heteroatoms. The molecule has 2 aromatic carbocycles. The van der Waals surface area contributed by atoms with Crippen LogP contribution in [0.3, 0.4) is 0 Å². The summed E-state index contributed by atoms with van der Waals surface area (Å²) in [5, 5.41) is 8.72. The molecule has 1 fully saturated rings. The molecule has 0 aromatic heterocycles. The molecule has 34 heavy (non-hydrogen) atoms. The van der Waals surface area contributed by atoms with Crippen molar-refractivity contribution < 1.29 is 24.1 Å². The number of likely N-dealkylation sites (tertiary alicyclic amines) is 1. The average Bonchev–Trinajstić information content (AvgIpc) is 2.78. The molecule has 1 heterocycles. The first-order valence-corrected chi connectivity index (χ1v) is 11.7. The molecule has 2 aromatic rings. The van der Waals surface area contributed by atoms with Crippen LogP contribution in [0.15, 0.2) is 42.0 Å². The summed E-state index contributed by atoms with van der Waals surface area (Å²) in [5.41, 5.74) is 7.67. The SMILES string of the molecule is CCCc1ccc(COc2ccc3c(c2)CCC(CN2CC(OC(=O)O)C2)=C3C)c(OC)c1.Cl. The van der Waals surface area contributed by atoms with Crippen molar-refractivity contribution in [1.29, 1.82) is 0 Å². The number of hydrogen-bond donors (Lipinski definition) is 1. The highest BCUT2D eigenvalue weighted by Gasteiger charge is 2.31. The van der Waals surface area contributed by atoms with Crippen molar-refractivity contribution in [3.63, 3.8) is 0 Å². The molecule has 1 N–H and O–H groups in total. The fraction of sp³-hybridized carbons (Fsp3) is 0.444. The zero-order chi connectivity index (χ0) is 23.4. The van der Waals surface area contributed by atoms with Crippen LogP contribution in [0.4, 0.5) is 4.79 Å². The minimum absolute atomic E-state index is 0. The van der Waals surface area contributed by atoms with Crippen LogP contribution in [0, 0.1) is 0 Å². The van der Waals surface area contributed by atoms with Gasteiger partial charge in [0.25, 0.3) is 0 Å². The van der Waals surface area contributed by atoms with E-state index in [2.05, 4.69) is 49.1 Å². The second-order valence-electron chi connectivity index (χ2n) is 8.93. The van der Waals surface area contributed by atoms with Gasteiger partial charge >= 0.3 is 6.16 Å². The number of halogens is 1. The maximum Gasteiger partial charge on any atom is 0.506 e. The Labute approximate surface area is 207 Å². The maximum absolute atomic E-state index is 10.6. The summed E-state index contributed by atoms with van der Waals surface area (Å²) in [4.78, 5) is 12.9. The molecule has 4 rings (SSSR count). The maximum atomic E-state index is 10.6. The van der Waals surface area contributed by atoms with Gasteiger partial charge in [0.05, 0.1) is 7.11 Å². The van der Waals surface area contributed by atoms with Crippen molar-refractivity contribution in [2.45, 2.75) is 52.2 Å². The molecule has 0 atom stereocenters. The molecule has 0 saturated carbocycles. The highest BCUT2D eigenvalue weighted by molar-refractivity contribution is 5.85. The Hall–Kier alpha value is -2.70. The second kappa shape index (κ2) is 11.6. The number of hydrogen-bond acceptors (Lipinski definition) is 5. The van der Waals surface area contributed by atoms with Gasteiger partial charge in [0.2, 0.25) is 0 Å². The number of fused-ring (bicyclic) bond motifs is 1. The Morgan fingerprint density at radius 1 is 1.15 bits per heavy atom. The largest absolute Gasteiger partial charge is 0.506 e. The fourth-order valence-corrected chi connectivity index (χ4v) is 4.75. The van der Waals surface area contributed by atoms with Crippen LogP contribution in [0.25, 0.3) is 5.57 Å². The van der Waals surface area contributed by atoms with E-state index >= 15 is 0 Å². The van der Waals surface area contributed by atoms with Gasteiger partial charge in [-0.2, -0.15) is 0 Å². The first kappa shape index (κ1) is 25.9. The number of ether oxygens (including phenoxy) is 3. The lowest BCUT2D eigenvalue weighted by molar-refractivity contribution is -0.0292. The van der Waals surface area contributed by atoms with E-state index in [1.54, 1.807) is 7.11 Å². The molecular weight excluding hydrogens is 454 g/mol. The number of methoxy groups -OCH3 is 1. The molecule has 184 valence electrons. The van der Waals surface area contributed by atoms with Crippen LogP contribution in [0.5, 0.6) is 11.5 Å². The molecular formula is C27H34ClNO5. The van der Waals surface area contributed by atoms with Crippen LogP contribution in [0.1, 0.15) is 48.9 Å². The molecule has 2 aliphatic rings. The van der Waals surface area contributed by atoms with E-state index in [-0.39, 0.29) is 18.5 Å². The third kappa shape index (κ3) is 6.05. The number of carbonyl (C=O) groups is 1. The standard InChI is InChI=1S/C27H33NO5.ClH/c1-4-5-19-6-7-22(26(12-19)31-3)17-32-23-10-11-25-18(2)21(9-8-20(25)13-23)14-28-15-24(16-28)33-27(29)30;/h6-7,10-13,24H,4-5,8-9,14-17H2,1-3H3,(H,29,30);1H. The molecule has 0 amide bonds. The van der Waals surface area contributed by atoms with Gasteiger partial charge in [-0.1, -0.05) is 37.1 Å². The van der Waals surface area contributed by atoms with Crippen LogP contribution in [0.2, 0.25) is 0 Å². The second-order valence-corrected chi connectivity index (χ2v) is 8.93. The zero-order valence-electron chi connectivity index (χ0n) is 20.1. The van der Waals surface area contributed by atoms with E-state index in [1.165, 1.54) is 27.8 Å². The van der Waals surface area contributed by atoms with Gasteiger partial charge < -0.3 is 19.3 Å². The van der Waals surface area contributed by atoms with Crippen molar-refractivity contribution in [1.82, 2.24) is 4.90 Å². The van der Waals surface area contributed by atoms with Crippen LogP contribution >= 0.6 is 12.4 Å². The van der Waals surface area contributed by atoms with E-state index < -0.39 is 6.16 Å². The molecule has 1 saturated heterocycles. The zero-order valence-corrected chi connectivity index (χ0v) is 21.0. The molecule has 0 spiro atoms. The summed E-state index contributed by atoms with van der Waals surface area (Å²) >= 11 is 0. The first-order valence-electron chi connectivity index (χ1n) is 11.7. The lowest BCUT2D eigenvalue weighted by Crippen LogP contribution is -2.53. The summed E-state index contributed by atoms with van der Waals surface area (Å²) in [6.45, 7) is 7.05. The monoisotopic (exact) mass is 487 g/mol. The Kier molecular flexibility index (Phi) is 8.86. The minimum Gasteiger partial charge on any atom is -0.496 e. The third-order valence-corrected chi connectivity index (χ3v) is 6.60.